The lowest BCUT2D eigenvalue weighted by Crippen LogP contribution is -2.48. The molecule has 2 aromatic heterocycles. The third-order valence-electron chi connectivity index (χ3n) is 6.81. The number of hydrogen-bond acceptors (Lipinski definition) is 7. The first kappa shape index (κ1) is 22.0. The summed E-state index contributed by atoms with van der Waals surface area (Å²) in [4.78, 5) is 42.1. The zero-order valence-electron chi connectivity index (χ0n) is 19.3. The summed E-state index contributed by atoms with van der Waals surface area (Å²) in [5.74, 6) is 1.22. The quantitative estimate of drug-likeness (QED) is 0.530. The summed E-state index contributed by atoms with van der Waals surface area (Å²) in [6.07, 6.45) is 3.33. The van der Waals surface area contributed by atoms with Gasteiger partial charge in [0.1, 0.15) is 11.5 Å². The number of fused-ring (bicyclic) bond motifs is 1. The molecule has 2 amide bonds. The van der Waals surface area contributed by atoms with Crippen LogP contribution in [0.4, 0.5) is 23.1 Å². The Bertz CT molecular complexity index is 1180. The third-order valence-corrected chi connectivity index (χ3v) is 6.81. The number of piperazine rings is 1. The number of primary amides is 1. The number of aromatic amines is 1. The van der Waals surface area contributed by atoms with Gasteiger partial charge in [-0.2, -0.15) is 9.97 Å². The smallest absolute Gasteiger partial charge is 0.231 e. The van der Waals surface area contributed by atoms with Crippen molar-refractivity contribution in [2.75, 3.05) is 54.4 Å². The van der Waals surface area contributed by atoms with E-state index in [0.717, 1.165) is 80.3 Å². The minimum Gasteiger partial charge on any atom is -0.369 e. The fourth-order valence-corrected chi connectivity index (χ4v) is 4.76. The van der Waals surface area contributed by atoms with Crippen LogP contribution in [0.3, 0.4) is 0 Å². The summed E-state index contributed by atoms with van der Waals surface area (Å²) in [6, 6.07) is 10.2. The normalized spacial score (nSPS) is 17.3. The topological polar surface area (TPSA) is 123 Å². The summed E-state index contributed by atoms with van der Waals surface area (Å²) >= 11 is 0. The molecule has 10 heteroatoms. The van der Waals surface area contributed by atoms with E-state index in [4.69, 9.17) is 10.7 Å². The minimum absolute atomic E-state index is 0.0682. The maximum Gasteiger partial charge on any atom is 0.231 e. The van der Waals surface area contributed by atoms with E-state index >= 15 is 0 Å². The van der Waals surface area contributed by atoms with Crippen LogP contribution in [0, 0.1) is 5.92 Å². The molecule has 0 saturated carbocycles. The second-order valence-corrected chi connectivity index (χ2v) is 8.94. The van der Waals surface area contributed by atoms with Crippen molar-refractivity contribution in [2.24, 2.45) is 11.7 Å². The number of carbonyl (C=O) groups excluding carboxylic acids is 2. The van der Waals surface area contributed by atoms with Crippen molar-refractivity contribution in [1.82, 2.24) is 19.9 Å². The van der Waals surface area contributed by atoms with Gasteiger partial charge in [0.05, 0.1) is 5.39 Å². The van der Waals surface area contributed by atoms with Gasteiger partial charge in [0.25, 0.3) is 0 Å². The predicted molar refractivity (Wildman–Crippen MR) is 132 cm³/mol. The number of hydrogen-bond donors (Lipinski definition) is 3. The van der Waals surface area contributed by atoms with Gasteiger partial charge in [0.2, 0.25) is 17.8 Å². The second kappa shape index (κ2) is 9.20. The molecule has 34 heavy (non-hydrogen) atoms. The van der Waals surface area contributed by atoms with Crippen LogP contribution in [-0.4, -0.2) is 70.9 Å². The van der Waals surface area contributed by atoms with E-state index in [2.05, 4.69) is 37.2 Å². The van der Waals surface area contributed by atoms with Crippen LogP contribution in [0.15, 0.2) is 36.5 Å². The predicted octanol–water partition coefficient (Wildman–Crippen LogP) is 2.07. The summed E-state index contributed by atoms with van der Waals surface area (Å²) in [5, 5.41) is 4.29. The van der Waals surface area contributed by atoms with Crippen molar-refractivity contribution in [3.63, 3.8) is 0 Å². The number of piperidine rings is 1. The van der Waals surface area contributed by atoms with Crippen molar-refractivity contribution < 1.29 is 9.59 Å². The Hall–Kier alpha value is -3.82. The number of aromatic nitrogens is 3. The monoisotopic (exact) mass is 462 g/mol. The van der Waals surface area contributed by atoms with E-state index in [1.165, 1.54) is 0 Å². The van der Waals surface area contributed by atoms with Crippen molar-refractivity contribution in [3.8, 4) is 0 Å². The van der Waals surface area contributed by atoms with Gasteiger partial charge in [-0.1, -0.05) is 0 Å². The molecule has 2 aliphatic heterocycles. The number of nitrogens with zero attached hydrogens (tertiary/aromatic N) is 5. The number of benzene rings is 1. The Labute approximate surface area is 198 Å². The molecule has 4 heterocycles. The lowest BCUT2D eigenvalue weighted by atomic mass is 9.96. The highest BCUT2D eigenvalue weighted by atomic mass is 16.2. The van der Waals surface area contributed by atoms with Gasteiger partial charge >= 0.3 is 0 Å². The van der Waals surface area contributed by atoms with E-state index in [0.29, 0.717) is 5.95 Å². The van der Waals surface area contributed by atoms with E-state index in [9.17, 15) is 9.59 Å². The molecule has 3 aromatic rings. The maximum atomic E-state index is 11.6. The lowest BCUT2D eigenvalue weighted by molar-refractivity contribution is -0.129. The molecule has 0 atom stereocenters. The molecule has 4 N–H and O–H groups in total. The molecule has 10 nitrogen and oxygen atoms in total. The van der Waals surface area contributed by atoms with Gasteiger partial charge in [-0.25, -0.2) is 0 Å². The van der Waals surface area contributed by atoms with Crippen molar-refractivity contribution >= 4 is 46.0 Å². The molecule has 0 aliphatic carbocycles. The average Bonchev–Trinajstić information content (AvgIpc) is 3.33. The molecule has 1 aromatic carbocycles. The van der Waals surface area contributed by atoms with E-state index in [-0.39, 0.29) is 17.7 Å². The molecule has 2 saturated heterocycles. The van der Waals surface area contributed by atoms with Crippen LogP contribution in [0.25, 0.3) is 11.0 Å². The summed E-state index contributed by atoms with van der Waals surface area (Å²) in [6.45, 7) is 6.24. The summed E-state index contributed by atoms with van der Waals surface area (Å²) in [7, 11) is 0. The molecule has 0 spiro atoms. The zero-order valence-corrected chi connectivity index (χ0v) is 19.3. The molecule has 2 aliphatic rings. The molecular formula is C24H30N8O2. The zero-order chi connectivity index (χ0) is 23.7. The number of amides is 2. The number of H-pyrrole nitrogens is 1. The number of nitrogens with two attached hydrogens (primary N) is 1. The maximum absolute atomic E-state index is 11.6. The van der Waals surface area contributed by atoms with E-state index in [1.807, 2.05) is 29.3 Å². The minimum atomic E-state index is -0.222. The second-order valence-electron chi connectivity index (χ2n) is 8.94. The van der Waals surface area contributed by atoms with Crippen LogP contribution in [0.2, 0.25) is 0 Å². The molecule has 0 unspecified atom stereocenters. The number of nitrogens with one attached hydrogen (secondary N) is 2. The van der Waals surface area contributed by atoms with Gasteiger partial charge < -0.3 is 30.7 Å². The first-order chi connectivity index (χ1) is 16.5. The Kier molecular flexibility index (Phi) is 5.95. The fourth-order valence-electron chi connectivity index (χ4n) is 4.76. The van der Waals surface area contributed by atoms with Crippen LogP contribution in [-0.2, 0) is 9.59 Å². The summed E-state index contributed by atoms with van der Waals surface area (Å²) in [5.41, 5.74) is 8.29. The van der Waals surface area contributed by atoms with Crippen LogP contribution >= 0.6 is 0 Å². The Morgan fingerprint density at radius 3 is 2.32 bits per heavy atom. The van der Waals surface area contributed by atoms with Crippen molar-refractivity contribution in [2.45, 2.75) is 19.8 Å². The number of rotatable bonds is 5. The highest BCUT2D eigenvalue weighted by Gasteiger charge is 2.26. The van der Waals surface area contributed by atoms with E-state index in [1.54, 1.807) is 6.92 Å². The standard InChI is InChI=1S/C24H30N8O2/c1-16(33)30-12-14-31(15-13-30)19-4-2-18(3-5-19)27-24-28-22-20(6-9-26-22)23(29-24)32-10-7-17(8-11-32)21(25)34/h2-6,9,17H,7-8,10-15H2,1H3,(H2,25,34)(H2,26,27,28,29). The third kappa shape index (κ3) is 4.48. The van der Waals surface area contributed by atoms with Crippen LogP contribution in [0.1, 0.15) is 19.8 Å². The number of anilines is 4. The highest BCUT2D eigenvalue weighted by molar-refractivity contribution is 5.89. The summed E-state index contributed by atoms with van der Waals surface area (Å²) < 4.78 is 0. The highest BCUT2D eigenvalue weighted by Crippen LogP contribution is 2.30. The average molecular weight is 463 g/mol. The van der Waals surface area contributed by atoms with Gasteiger partial charge in [0.15, 0.2) is 0 Å². The molecule has 0 radical (unpaired) electrons. The number of carbonyl (C=O) groups is 2. The molecular weight excluding hydrogens is 432 g/mol. The van der Waals surface area contributed by atoms with E-state index < -0.39 is 0 Å². The fraction of sp³-hybridized carbons (Fsp3) is 0.417. The Morgan fingerprint density at radius 2 is 1.68 bits per heavy atom. The molecule has 2 fully saturated rings. The van der Waals surface area contributed by atoms with Crippen molar-refractivity contribution in [3.05, 3.63) is 36.5 Å². The SMILES string of the molecule is CC(=O)N1CCN(c2ccc(Nc3nc(N4CCC(C(N)=O)CC4)c4cc[nH]c4n3)cc2)CC1. The van der Waals surface area contributed by atoms with Crippen LogP contribution < -0.4 is 20.9 Å². The first-order valence-corrected chi connectivity index (χ1v) is 11.7. The van der Waals surface area contributed by atoms with Gasteiger partial charge in [-0.05, 0) is 43.2 Å². The van der Waals surface area contributed by atoms with Gasteiger partial charge in [0, 0.05) is 69.7 Å². The van der Waals surface area contributed by atoms with Gasteiger partial charge in [-0.15, -0.1) is 0 Å². The van der Waals surface area contributed by atoms with Crippen LogP contribution in [0.5, 0.6) is 0 Å². The van der Waals surface area contributed by atoms with Crippen molar-refractivity contribution in [1.29, 1.82) is 0 Å². The lowest BCUT2D eigenvalue weighted by Gasteiger charge is -2.35. The molecule has 0 bridgehead atoms. The largest absolute Gasteiger partial charge is 0.369 e. The Balaban J connectivity index is 1.30. The Morgan fingerprint density at radius 1 is 0.971 bits per heavy atom. The molecule has 5 rings (SSSR count). The first-order valence-electron chi connectivity index (χ1n) is 11.7. The molecule has 178 valence electrons. The van der Waals surface area contributed by atoms with Gasteiger partial charge in [-0.3, -0.25) is 9.59 Å².